The van der Waals surface area contributed by atoms with E-state index in [1.54, 1.807) is 20.8 Å². The van der Waals surface area contributed by atoms with Crippen LogP contribution >= 0.6 is 0 Å². The van der Waals surface area contributed by atoms with Gasteiger partial charge >= 0.3 is 0 Å². The number of rotatable bonds is 2. The Bertz CT molecular complexity index is 552. The highest BCUT2D eigenvalue weighted by Crippen LogP contribution is 2.41. The van der Waals surface area contributed by atoms with E-state index in [4.69, 9.17) is 14.2 Å². The molecule has 6 heteroatoms. The van der Waals surface area contributed by atoms with Crippen molar-refractivity contribution < 1.29 is 28.6 Å². The largest absolute Gasteiger partial charge is 0.484 e. The van der Waals surface area contributed by atoms with Crippen LogP contribution in [0.3, 0.4) is 0 Å². The van der Waals surface area contributed by atoms with Crippen LogP contribution in [0.25, 0.3) is 0 Å². The zero-order valence-electron chi connectivity index (χ0n) is 12.3. The highest BCUT2D eigenvalue weighted by Gasteiger charge is 2.60. The fourth-order valence-corrected chi connectivity index (χ4v) is 3.08. The average Bonchev–Trinajstić information content (AvgIpc) is 3.03. The van der Waals surface area contributed by atoms with Crippen LogP contribution in [0, 0.1) is 0 Å². The lowest BCUT2D eigenvalue weighted by atomic mass is 9.89. The SMILES string of the molecule is CC1OC([C@]2(C)O[C@@H]([C@@]3(C)OC=CC3=O)CC2=O)CC1=O. The number of ether oxygens (including phenoxy) is 3. The van der Waals surface area contributed by atoms with Gasteiger partial charge in [0, 0.05) is 18.9 Å². The van der Waals surface area contributed by atoms with Gasteiger partial charge in [-0.25, -0.2) is 0 Å². The molecule has 2 unspecified atom stereocenters. The van der Waals surface area contributed by atoms with Gasteiger partial charge in [-0.15, -0.1) is 0 Å². The third kappa shape index (κ3) is 1.97. The molecule has 0 amide bonds. The minimum Gasteiger partial charge on any atom is -0.484 e. The van der Waals surface area contributed by atoms with Crippen molar-refractivity contribution in [1.82, 2.24) is 0 Å². The van der Waals surface area contributed by atoms with Gasteiger partial charge in [-0.2, -0.15) is 0 Å². The van der Waals surface area contributed by atoms with Crippen LogP contribution in [-0.4, -0.2) is 46.9 Å². The molecule has 3 aliphatic rings. The summed E-state index contributed by atoms with van der Waals surface area (Å²) >= 11 is 0. The van der Waals surface area contributed by atoms with E-state index in [2.05, 4.69) is 0 Å². The van der Waals surface area contributed by atoms with E-state index in [-0.39, 0.29) is 30.2 Å². The maximum Gasteiger partial charge on any atom is 0.204 e. The van der Waals surface area contributed by atoms with Crippen molar-refractivity contribution >= 4 is 17.3 Å². The number of hydrogen-bond acceptors (Lipinski definition) is 6. The second-order valence-electron chi connectivity index (χ2n) is 6.17. The maximum atomic E-state index is 12.4. The molecular weight excluding hydrogens is 276 g/mol. The number of Topliss-reactive ketones (excluding diaryl/α,β-unsaturated/α-hetero) is 2. The Labute approximate surface area is 122 Å². The average molecular weight is 294 g/mol. The zero-order valence-corrected chi connectivity index (χ0v) is 12.3. The summed E-state index contributed by atoms with van der Waals surface area (Å²) in [6.07, 6.45) is 1.08. The fraction of sp³-hybridized carbons (Fsp3) is 0.667. The zero-order chi connectivity index (χ0) is 15.4. The van der Waals surface area contributed by atoms with Crippen molar-refractivity contribution in [2.45, 2.75) is 63.1 Å². The van der Waals surface area contributed by atoms with E-state index in [1.807, 2.05) is 0 Å². The van der Waals surface area contributed by atoms with Crippen molar-refractivity contribution in [3.8, 4) is 0 Å². The number of carbonyl (C=O) groups excluding carboxylic acids is 3. The Hall–Kier alpha value is -1.53. The summed E-state index contributed by atoms with van der Waals surface area (Å²) in [5, 5.41) is 0. The molecule has 3 rings (SSSR count). The topological polar surface area (TPSA) is 78.9 Å². The first-order valence-corrected chi connectivity index (χ1v) is 7.05. The molecule has 114 valence electrons. The summed E-state index contributed by atoms with van der Waals surface area (Å²) in [6, 6.07) is 0. The molecule has 0 aromatic carbocycles. The molecular formula is C15H18O6. The summed E-state index contributed by atoms with van der Waals surface area (Å²) in [6.45, 7) is 4.90. The van der Waals surface area contributed by atoms with Gasteiger partial charge in [0.2, 0.25) is 5.78 Å². The predicted molar refractivity (Wildman–Crippen MR) is 70.5 cm³/mol. The van der Waals surface area contributed by atoms with E-state index in [0.29, 0.717) is 0 Å². The standard InChI is InChI=1S/C15H18O6/c1-8-9(16)6-12(20-8)15(3)11(18)7-13(21-15)14(2)10(17)4-5-19-14/h4-5,8,12-13H,6-7H2,1-3H3/t8?,12?,13-,14+,15-/m1/s1. The number of carbonyl (C=O) groups is 3. The van der Waals surface area contributed by atoms with Gasteiger partial charge in [0.05, 0.1) is 6.26 Å². The van der Waals surface area contributed by atoms with Crippen LogP contribution in [0.1, 0.15) is 33.6 Å². The predicted octanol–water partition coefficient (Wildman–Crippen LogP) is 0.721. The summed E-state index contributed by atoms with van der Waals surface area (Å²) in [5.41, 5.74) is -2.39. The van der Waals surface area contributed by atoms with Gasteiger partial charge in [0.25, 0.3) is 0 Å². The van der Waals surface area contributed by atoms with Gasteiger partial charge in [0.1, 0.15) is 18.3 Å². The summed E-state index contributed by atoms with van der Waals surface area (Å²) < 4.78 is 16.8. The molecule has 2 fully saturated rings. The Morgan fingerprint density at radius 2 is 1.81 bits per heavy atom. The van der Waals surface area contributed by atoms with Crippen LogP contribution in [0.2, 0.25) is 0 Å². The first kappa shape index (κ1) is 14.4. The Morgan fingerprint density at radius 3 is 2.33 bits per heavy atom. The van der Waals surface area contributed by atoms with Gasteiger partial charge in [-0.1, -0.05) is 0 Å². The van der Waals surface area contributed by atoms with Gasteiger partial charge in [-0.3, -0.25) is 14.4 Å². The Balaban J connectivity index is 1.82. The lowest BCUT2D eigenvalue weighted by molar-refractivity contribution is -0.174. The van der Waals surface area contributed by atoms with Gasteiger partial charge < -0.3 is 14.2 Å². The highest BCUT2D eigenvalue weighted by molar-refractivity contribution is 6.00. The third-order valence-electron chi connectivity index (χ3n) is 4.77. The monoisotopic (exact) mass is 294 g/mol. The van der Waals surface area contributed by atoms with Crippen LogP contribution in [0.4, 0.5) is 0 Å². The fourth-order valence-electron chi connectivity index (χ4n) is 3.08. The smallest absolute Gasteiger partial charge is 0.204 e. The molecule has 0 N–H and O–H groups in total. The van der Waals surface area contributed by atoms with Crippen LogP contribution in [-0.2, 0) is 28.6 Å². The van der Waals surface area contributed by atoms with Crippen LogP contribution in [0.15, 0.2) is 12.3 Å². The lowest BCUT2D eigenvalue weighted by Crippen LogP contribution is -2.49. The number of hydrogen-bond donors (Lipinski definition) is 0. The molecule has 0 radical (unpaired) electrons. The maximum absolute atomic E-state index is 12.4. The molecule has 2 saturated heterocycles. The van der Waals surface area contributed by atoms with E-state index in [1.165, 1.54) is 12.3 Å². The molecule has 0 aliphatic carbocycles. The molecule has 0 spiro atoms. The molecule has 5 atom stereocenters. The molecule has 0 aromatic rings. The Morgan fingerprint density at radius 1 is 1.10 bits per heavy atom. The van der Waals surface area contributed by atoms with E-state index >= 15 is 0 Å². The first-order chi connectivity index (χ1) is 9.77. The third-order valence-corrected chi connectivity index (χ3v) is 4.77. The minimum absolute atomic E-state index is 0.0397. The van der Waals surface area contributed by atoms with E-state index in [0.717, 1.165) is 0 Å². The van der Waals surface area contributed by atoms with Crippen LogP contribution in [0.5, 0.6) is 0 Å². The molecule has 6 nitrogen and oxygen atoms in total. The minimum atomic E-state index is -1.21. The van der Waals surface area contributed by atoms with Crippen molar-refractivity contribution in [3.63, 3.8) is 0 Å². The van der Waals surface area contributed by atoms with Gasteiger partial charge in [-0.05, 0) is 20.8 Å². The number of ketones is 3. The van der Waals surface area contributed by atoms with Crippen molar-refractivity contribution in [3.05, 3.63) is 12.3 Å². The van der Waals surface area contributed by atoms with Crippen molar-refractivity contribution in [1.29, 1.82) is 0 Å². The molecule has 3 heterocycles. The second kappa shape index (κ2) is 4.48. The summed E-state index contributed by atoms with van der Waals surface area (Å²) in [4.78, 5) is 36.0. The molecule has 21 heavy (non-hydrogen) atoms. The summed E-state index contributed by atoms with van der Waals surface area (Å²) in [7, 11) is 0. The molecule has 0 saturated carbocycles. The normalized spacial score (nSPS) is 46.4. The molecule has 0 bridgehead atoms. The van der Waals surface area contributed by atoms with Crippen LogP contribution < -0.4 is 0 Å². The highest BCUT2D eigenvalue weighted by atomic mass is 16.6. The lowest BCUT2D eigenvalue weighted by Gasteiger charge is -2.33. The van der Waals surface area contributed by atoms with E-state index < -0.39 is 29.5 Å². The van der Waals surface area contributed by atoms with Gasteiger partial charge in [0.15, 0.2) is 22.8 Å². The van der Waals surface area contributed by atoms with Crippen molar-refractivity contribution in [2.24, 2.45) is 0 Å². The Kier molecular flexibility index (Phi) is 3.07. The molecule has 3 aliphatic heterocycles. The van der Waals surface area contributed by atoms with Crippen molar-refractivity contribution in [2.75, 3.05) is 0 Å². The summed E-state index contributed by atoms with van der Waals surface area (Å²) in [5.74, 6) is -0.424. The molecule has 0 aromatic heterocycles. The first-order valence-electron chi connectivity index (χ1n) is 7.05. The quantitative estimate of drug-likeness (QED) is 0.746. The second-order valence-corrected chi connectivity index (χ2v) is 6.17. The van der Waals surface area contributed by atoms with E-state index in [9.17, 15) is 14.4 Å².